The number of carboxylic acid groups (broad SMARTS) is 3. The summed E-state index contributed by atoms with van der Waals surface area (Å²) in [4.78, 5) is 76.4. The van der Waals surface area contributed by atoms with E-state index in [0.29, 0.717) is 27.1 Å². The van der Waals surface area contributed by atoms with Crippen molar-refractivity contribution in [1.82, 2.24) is 69.0 Å². The Balaban J connectivity index is 0.000000210. The number of H-pyrrole nitrogens is 1. The van der Waals surface area contributed by atoms with Gasteiger partial charge in [-0.3, -0.25) is 4.98 Å². The minimum Gasteiger partial charge on any atom is -0.479 e. The van der Waals surface area contributed by atoms with Crippen molar-refractivity contribution in [2.45, 2.75) is 47.5 Å². The molecule has 0 fully saturated rings. The third-order valence-electron chi connectivity index (χ3n) is 12.6. The maximum absolute atomic E-state index is 12.6. The number of nitrogens with two attached hydrogens (primary N) is 2. The van der Waals surface area contributed by atoms with Crippen molar-refractivity contribution in [3.8, 4) is 29.3 Å². The normalized spacial score (nSPS) is 11.1. The number of aromatic nitrogens is 14. The van der Waals surface area contributed by atoms with E-state index in [1.54, 1.807) is 32.0 Å². The Morgan fingerprint density at radius 3 is 1.67 bits per heavy atom. The Morgan fingerprint density at radius 1 is 0.648 bits per heavy atom. The molecule has 32 nitrogen and oxygen atoms in total. The number of benzene rings is 4. The van der Waals surface area contributed by atoms with Gasteiger partial charge in [0, 0.05) is 11.4 Å². The molecule has 0 aliphatic carbocycles. The highest BCUT2D eigenvalue weighted by atomic mass is 35.5. The lowest BCUT2D eigenvalue weighted by atomic mass is 10.00. The van der Waals surface area contributed by atoms with Crippen LogP contribution in [0.5, 0.6) is 6.01 Å². The molecule has 0 aliphatic rings. The van der Waals surface area contributed by atoms with Crippen molar-refractivity contribution in [3.05, 3.63) is 173 Å². The molecule has 0 atom stereocenters. The number of aryl methyl sites for hydroxylation is 5. The summed E-state index contributed by atoms with van der Waals surface area (Å²) < 4.78 is 4.84. The van der Waals surface area contributed by atoms with Gasteiger partial charge in [-0.2, -0.15) is 54.7 Å². The van der Waals surface area contributed by atoms with E-state index >= 15 is 0 Å². The minimum atomic E-state index is -1.37. The minimum absolute atomic E-state index is 0.00668. The number of hydrogen-bond donors (Lipinski definition) is 9. The number of carboxylic acids is 3. The van der Waals surface area contributed by atoms with Gasteiger partial charge in [0.2, 0.25) is 11.9 Å². The van der Waals surface area contributed by atoms with Gasteiger partial charge in [-0.25, -0.2) is 38.2 Å². The molecule has 442 valence electrons. The zero-order valence-corrected chi connectivity index (χ0v) is 47.8. The molecular weight excluding hydrogens is 1180 g/mol. The summed E-state index contributed by atoms with van der Waals surface area (Å²) in [6.45, 7) is 24.4. The van der Waals surface area contributed by atoms with Crippen molar-refractivity contribution >= 4 is 110 Å². The summed E-state index contributed by atoms with van der Waals surface area (Å²) in [5.41, 5.74) is 17.4. The van der Waals surface area contributed by atoms with E-state index in [9.17, 15) is 34.5 Å². The Kier molecular flexibility index (Phi) is 17.3. The maximum atomic E-state index is 12.6. The largest absolute Gasteiger partial charge is 0.479 e. The maximum Gasteiger partial charge on any atom is 0.351 e. The van der Waals surface area contributed by atoms with Crippen LogP contribution >= 0.6 is 23.2 Å². The zero-order valence-electron chi connectivity index (χ0n) is 46.3. The molecule has 0 radical (unpaired) electrons. The van der Waals surface area contributed by atoms with Crippen LogP contribution in [-0.2, 0) is 12.8 Å². The number of anilines is 6. The van der Waals surface area contributed by atoms with Gasteiger partial charge in [-0.05, 0) is 99.3 Å². The lowest BCUT2D eigenvalue weighted by Crippen LogP contribution is -2.20. The molecule has 10 rings (SSSR count). The number of aromatic hydroxyl groups is 1. The van der Waals surface area contributed by atoms with E-state index in [2.05, 4.69) is 117 Å². The first-order chi connectivity index (χ1) is 42.1. The van der Waals surface area contributed by atoms with Crippen LogP contribution in [-0.4, -0.2) is 107 Å². The molecule has 0 bridgehead atoms. The van der Waals surface area contributed by atoms with Crippen LogP contribution in [0.3, 0.4) is 0 Å². The monoisotopic (exact) mass is 1230 g/mol. The van der Waals surface area contributed by atoms with Gasteiger partial charge in [0.05, 0.1) is 69.3 Å². The number of nitrogens with one attached hydrogen (secondary N) is 3. The van der Waals surface area contributed by atoms with Crippen molar-refractivity contribution in [2.75, 3.05) is 22.1 Å². The smallest absolute Gasteiger partial charge is 0.351 e. The summed E-state index contributed by atoms with van der Waals surface area (Å²) in [6.07, 6.45) is 4.17. The Bertz CT molecular complexity index is 4570. The Morgan fingerprint density at radius 2 is 1.16 bits per heavy atom. The number of para-hydroxylation sites is 1. The molecule has 0 amide bonds. The highest BCUT2D eigenvalue weighted by Gasteiger charge is 2.23. The van der Waals surface area contributed by atoms with Crippen molar-refractivity contribution < 1.29 is 34.8 Å². The number of halogens is 2. The van der Waals surface area contributed by atoms with E-state index in [1.165, 1.54) is 50.7 Å². The van der Waals surface area contributed by atoms with Crippen LogP contribution in [0.2, 0.25) is 10.0 Å². The number of aromatic carboxylic acids is 3. The lowest BCUT2D eigenvalue weighted by Gasteiger charge is -2.16. The molecule has 10 aromatic rings. The third-order valence-corrected chi connectivity index (χ3v) is 13.2. The number of nitrogen functional groups attached to an aromatic ring is 2. The third kappa shape index (κ3) is 12.6. The van der Waals surface area contributed by atoms with Gasteiger partial charge in [0.25, 0.3) is 23.3 Å². The molecule has 88 heavy (non-hydrogen) atoms. The van der Waals surface area contributed by atoms with Crippen LogP contribution in [0.15, 0.2) is 110 Å². The van der Waals surface area contributed by atoms with E-state index in [0.717, 1.165) is 58.1 Å². The van der Waals surface area contributed by atoms with Crippen LogP contribution in [0.4, 0.5) is 69.3 Å². The molecule has 11 N–H and O–H groups in total. The van der Waals surface area contributed by atoms with Crippen LogP contribution in [0.25, 0.3) is 33.0 Å². The first-order valence-corrected chi connectivity index (χ1v) is 26.3. The van der Waals surface area contributed by atoms with Gasteiger partial charge in [-0.1, -0.05) is 60.8 Å². The van der Waals surface area contributed by atoms with Gasteiger partial charge >= 0.3 is 29.6 Å². The average molecular weight is 1230 g/mol. The Hall–Kier alpha value is -12.3. The van der Waals surface area contributed by atoms with Gasteiger partial charge < -0.3 is 42.5 Å². The zero-order chi connectivity index (χ0) is 63.2. The highest BCUT2D eigenvalue weighted by Crippen LogP contribution is 2.39. The summed E-state index contributed by atoms with van der Waals surface area (Å²) in [7, 11) is 0. The number of aromatic amines is 1. The van der Waals surface area contributed by atoms with Crippen molar-refractivity contribution in [1.29, 1.82) is 0 Å². The topological polar surface area (TPSA) is 435 Å². The highest BCUT2D eigenvalue weighted by molar-refractivity contribution is 6.37. The van der Waals surface area contributed by atoms with E-state index < -0.39 is 29.6 Å². The molecule has 0 unspecified atom stereocenters. The average Bonchev–Trinajstić information content (AvgIpc) is 3.55. The summed E-state index contributed by atoms with van der Waals surface area (Å²) in [5.74, 6) is -4.31. The number of carbonyl (C=O) groups is 3. The molecule has 34 heteroatoms. The van der Waals surface area contributed by atoms with E-state index in [-0.39, 0.29) is 97.9 Å². The molecule has 0 saturated carbocycles. The fraction of sp³-hybridized carbons (Fsp3) is 0.130. The second-order valence-corrected chi connectivity index (χ2v) is 19.2. The molecule has 6 heterocycles. The fourth-order valence-electron chi connectivity index (χ4n) is 8.51. The summed E-state index contributed by atoms with van der Waals surface area (Å²) >= 11 is 12.7. The second-order valence-electron chi connectivity index (χ2n) is 18.4. The quantitative estimate of drug-likeness (QED) is 0.0302. The van der Waals surface area contributed by atoms with Gasteiger partial charge in [0.15, 0.2) is 34.6 Å². The van der Waals surface area contributed by atoms with Crippen LogP contribution in [0.1, 0.15) is 73.0 Å². The van der Waals surface area contributed by atoms with Crippen molar-refractivity contribution in [2.24, 2.45) is 20.5 Å². The number of hydrogen-bond acceptors (Lipinski definition) is 22. The molecule has 4 aromatic carbocycles. The number of nitrogens with zero attached hydrogens (tertiary/aromatic N) is 19. The number of rotatable bonds is 17. The van der Waals surface area contributed by atoms with Crippen LogP contribution in [0, 0.1) is 33.9 Å². The van der Waals surface area contributed by atoms with Crippen molar-refractivity contribution in [3.63, 3.8) is 0 Å². The first-order valence-electron chi connectivity index (χ1n) is 25.5. The van der Waals surface area contributed by atoms with Gasteiger partial charge in [0.1, 0.15) is 5.69 Å². The second kappa shape index (κ2) is 25.3. The standard InChI is InChI=1S/C28H26Cl2N12O.C26H18N12O7/c1-6-16-11-14(3)12-17(7-2)22(16)34-26-35-27(37-28(43)36-26)42-24(31)21(15(4)40-42)38-39-25-20(32-5)13-33-41(25)23-18(29)9-8-10-19(23)30;1-11-18(34-35-20-17(28-2)10-29-37(20)16-5-3-12(4-6-16)21(39)40)19(27)38(36-11)25-31-24(32-26(45)33-25)30-15-8-13(22(41)42)7-14(9-15)23(43)44/h8-13H,6-7,31H2,1-4H3,(H2,34,35,36,37,43);3-10H,27H2,1H3,(H,39,40)(H,41,42)(H,43,44)(H2,30,31,32,33,45). The molecule has 0 aliphatic heterocycles. The van der Waals surface area contributed by atoms with Gasteiger partial charge in [-0.15, -0.1) is 20.5 Å². The molecule has 0 saturated heterocycles. The fourth-order valence-corrected chi connectivity index (χ4v) is 9.06. The number of azo groups is 2. The summed E-state index contributed by atoms with van der Waals surface area (Å²) in [5, 5.41) is 78.4. The molecular formula is C54H44Cl2N24O8. The van der Waals surface area contributed by atoms with Crippen LogP contribution < -0.4 is 27.8 Å². The molecule has 6 aromatic heterocycles. The predicted molar refractivity (Wildman–Crippen MR) is 319 cm³/mol. The SMILES string of the molecule is [C-]#[N+]c1cnn(-c2c(Cl)cccc2Cl)c1N=Nc1c(C)nn(-c2nc(Nc3c(CC)cc(C)cc3CC)[nH]c(=O)n2)c1N.[C-]#[N+]c1cnn(-c2ccc(C(=O)O)cc2)c1N=Nc1c(C)nn(-c2nc(O)nc(Nc3cc(C(=O)O)cc(C(=O)O)c3)n2)c1N. The predicted octanol–water partition coefficient (Wildman–Crippen LogP) is 10.5. The van der Waals surface area contributed by atoms with E-state index in [1.807, 2.05) is 6.92 Å². The lowest BCUT2D eigenvalue weighted by molar-refractivity contribution is 0.0682. The van der Waals surface area contributed by atoms with E-state index in [4.69, 9.17) is 52.9 Å². The summed E-state index contributed by atoms with van der Waals surface area (Å²) in [6, 6.07) is 17.4. The molecule has 0 spiro atoms. The first kappa shape index (κ1) is 60.3. The Labute approximate surface area is 504 Å².